The molecule has 1 fully saturated rings. The number of hydrogen-bond acceptors (Lipinski definition) is 3. The number of nitrogens with zero attached hydrogens (tertiary/aromatic N) is 1. The van der Waals surface area contributed by atoms with Crippen LogP contribution in [0.2, 0.25) is 0 Å². The van der Waals surface area contributed by atoms with Crippen molar-refractivity contribution in [2.75, 3.05) is 13.1 Å². The van der Waals surface area contributed by atoms with Gasteiger partial charge in [-0.25, -0.2) is 4.79 Å². The standard InChI is InChI=1S/C13H18N2O2/c1-10-7-15(8-12(10)14)13(16)17-9-11-5-3-2-4-6-11/h2-6,10,12H,7-9,14H2,1H3/t10-,12+/m1/s1. The summed E-state index contributed by atoms with van der Waals surface area (Å²) in [4.78, 5) is 13.4. The van der Waals surface area contributed by atoms with E-state index in [1.807, 2.05) is 30.3 Å². The number of amides is 1. The van der Waals surface area contributed by atoms with Crippen LogP contribution in [0.25, 0.3) is 0 Å². The summed E-state index contributed by atoms with van der Waals surface area (Å²) < 4.78 is 5.24. The fourth-order valence-corrected chi connectivity index (χ4v) is 1.95. The number of rotatable bonds is 2. The van der Waals surface area contributed by atoms with Crippen LogP contribution < -0.4 is 5.73 Å². The SMILES string of the molecule is C[C@@H]1CN(C(=O)OCc2ccccc2)C[C@@H]1N. The Morgan fingerprint density at radius 1 is 1.41 bits per heavy atom. The molecule has 1 aromatic rings. The fourth-order valence-electron chi connectivity index (χ4n) is 1.95. The van der Waals surface area contributed by atoms with Crippen molar-refractivity contribution in [1.82, 2.24) is 4.90 Å². The molecule has 0 spiro atoms. The first-order valence-corrected chi connectivity index (χ1v) is 5.88. The van der Waals surface area contributed by atoms with Crippen molar-refractivity contribution in [3.63, 3.8) is 0 Å². The molecule has 0 bridgehead atoms. The molecule has 92 valence electrons. The molecule has 0 unspecified atom stereocenters. The molecule has 1 aliphatic heterocycles. The largest absolute Gasteiger partial charge is 0.445 e. The lowest BCUT2D eigenvalue weighted by molar-refractivity contribution is 0.103. The first-order valence-electron chi connectivity index (χ1n) is 5.88. The first kappa shape index (κ1) is 11.9. The van der Waals surface area contributed by atoms with E-state index in [-0.39, 0.29) is 12.1 Å². The van der Waals surface area contributed by atoms with E-state index in [0.717, 1.165) is 5.56 Å². The Labute approximate surface area is 101 Å². The van der Waals surface area contributed by atoms with Crippen LogP contribution in [-0.4, -0.2) is 30.1 Å². The maximum atomic E-state index is 11.8. The third-order valence-corrected chi connectivity index (χ3v) is 3.13. The second-order valence-electron chi connectivity index (χ2n) is 4.59. The van der Waals surface area contributed by atoms with Crippen LogP contribution >= 0.6 is 0 Å². The highest BCUT2D eigenvalue weighted by Crippen LogP contribution is 2.15. The van der Waals surface area contributed by atoms with E-state index in [1.54, 1.807) is 4.90 Å². The predicted molar refractivity (Wildman–Crippen MR) is 65.3 cm³/mol. The molecule has 0 saturated carbocycles. The summed E-state index contributed by atoms with van der Waals surface area (Å²) in [5, 5.41) is 0. The van der Waals surface area contributed by atoms with Crippen LogP contribution in [-0.2, 0) is 11.3 Å². The van der Waals surface area contributed by atoms with Gasteiger partial charge in [0, 0.05) is 19.1 Å². The van der Waals surface area contributed by atoms with Gasteiger partial charge in [0.1, 0.15) is 6.61 Å². The van der Waals surface area contributed by atoms with Crippen molar-refractivity contribution in [2.45, 2.75) is 19.6 Å². The van der Waals surface area contributed by atoms with Gasteiger partial charge in [-0.3, -0.25) is 0 Å². The van der Waals surface area contributed by atoms with Gasteiger partial charge in [-0.1, -0.05) is 37.3 Å². The fraction of sp³-hybridized carbons (Fsp3) is 0.462. The monoisotopic (exact) mass is 234 g/mol. The van der Waals surface area contributed by atoms with Crippen LogP contribution in [0.3, 0.4) is 0 Å². The minimum atomic E-state index is -0.270. The zero-order valence-corrected chi connectivity index (χ0v) is 10.0. The van der Waals surface area contributed by atoms with E-state index in [4.69, 9.17) is 10.5 Å². The quantitative estimate of drug-likeness (QED) is 0.845. The van der Waals surface area contributed by atoms with Crippen molar-refractivity contribution in [2.24, 2.45) is 11.7 Å². The van der Waals surface area contributed by atoms with E-state index >= 15 is 0 Å². The summed E-state index contributed by atoms with van der Waals surface area (Å²) in [6.45, 7) is 3.65. The topological polar surface area (TPSA) is 55.6 Å². The van der Waals surface area contributed by atoms with E-state index < -0.39 is 0 Å². The van der Waals surface area contributed by atoms with Gasteiger partial charge in [0.2, 0.25) is 0 Å². The molecule has 1 saturated heterocycles. The average molecular weight is 234 g/mol. The Bertz CT molecular complexity index is 370. The second-order valence-corrected chi connectivity index (χ2v) is 4.59. The first-order chi connectivity index (χ1) is 8.16. The molecule has 1 amide bonds. The molecule has 0 radical (unpaired) electrons. The lowest BCUT2D eigenvalue weighted by atomic mass is 10.1. The summed E-state index contributed by atoms with van der Waals surface area (Å²) >= 11 is 0. The van der Waals surface area contributed by atoms with Crippen molar-refractivity contribution in [3.8, 4) is 0 Å². The van der Waals surface area contributed by atoms with Gasteiger partial charge in [0.15, 0.2) is 0 Å². The number of carbonyl (C=O) groups excluding carboxylic acids is 1. The van der Waals surface area contributed by atoms with Crippen molar-refractivity contribution >= 4 is 6.09 Å². The Morgan fingerprint density at radius 2 is 2.12 bits per heavy atom. The van der Waals surface area contributed by atoms with Gasteiger partial charge in [-0.15, -0.1) is 0 Å². The lowest BCUT2D eigenvalue weighted by Crippen LogP contribution is -2.32. The van der Waals surface area contributed by atoms with Crippen LogP contribution in [0.5, 0.6) is 0 Å². The van der Waals surface area contributed by atoms with Crippen molar-refractivity contribution in [3.05, 3.63) is 35.9 Å². The number of benzene rings is 1. The van der Waals surface area contributed by atoms with Gasteiger partial charge < -0.3 is 15.4 Å². The van der Waals surface area contributed by atoms with E-state index in [2.05, 4.69) is 6.92 Å². The van der Waals surface area contributed by atoms with E-state index in [1.165, 1.54) is 0 Å². The van der Waals surface area contributed by atoms with E-state index in [0.29, 0.717) is 25.6 Å². The van der Waals surface area contributed by atoms with Crippen LogP contribution in [0.15, 0.2) is 30.3 Å². The zero-order valence-electron chi connectivity index (χ0n) is 10.0. The molecule has 2 N–H and O–H groups in total. The minimum Gasteiger partial charge on any atom is -0.445 e. The third kappa shape index (κ3) is 2.97. The molecule has 0 aliphatic carbocycles. The highest BCUT2D eigenvalue weighted by molar-refractivity contribution is 5.68. The Morgan fingerprint density at radius 3 is 2.71 bits per heavy atom. The smallest absolute Gasteiger partial charge is 0.410 e. The highest BCUT2D eigenvalue weighted by atomic mass is 16.6. The van der Waals surface area contributed by atoms with Gasteiger partial charge in [0.05, 0.1) is 0 Å². The average Bonchev–Trinajstić information content (AvgIpc) is 2.68. The second kappa shape index (κ2) is 5.19. The Hall–Kier alpha value is -1.55. The Kier molecular flexibility index (Phi) is 3.64. The molecule has 2 rings (SSSR count). The number of nitrogens with two attached hydrogens (primary N) is 1. The normalized spacial score (nSPS) is 23.8. The van der Waals surface area contributed by atoms with Crippen LogP contribution in [0.4, 0.5) is 4.79 Å². The molecule has 1 aromatic carbocycles. The molecule has 0 aromatic heterocycles. The molecular weight excluding hydrogens is 216 g/mol. The molecule has 17 heavy (non-hydrogen) atoms. The number of ether oxygens (including phenoxy) is 1. The maximum absolute atomic E-state index is 11.8. The summed E-state index contributed by atoms with van der Waals surface area (Å²) in [6, 6.07) is 9.73. The molecule has 1 aliphatic rings. The number of likely N-dealkylation sites (tertiary alicyclic amines) is 1. The van der Waals surface area contributed by atoms with Crippen molar-refractivity contribution < 1.29 is 9.53 Å². The van der Waals surface area contributed by atoms with E-state index in [9.17, 15) is 4.79 Å². The molecule has 4 nitrogen and oxygen atoms in total. The summed E-state index contributed by atoms with van der Waals surface area (Å²) in [5.74, 6) is 0.347. The Balaban J connectivity index is 1.82. The van der Waals surface area contributed by atoms with Crippen molar-refractivity contribution in [1.29, 1.82) is 0 Å². The maximum Gasteiger partial charge on any atom is 0.410 e. The molecule has 2 atom stereocenters. The lowest BCUT2D eigenvalue weighted by Gasteiger charge is -2.15. The van der Waals surface area contributed by atoms with Crippen LogP contribution in [0.1, 0.15) is 12.5 Å². The van der Waals surface area contributed by atoms with Crippen LogP contribution in [0, 0.1) is 5.92 Å². The number of hydrogen-bond donors (Lipinski definition) is 1. The zero-order chi connectivity index (χ0) is 12.3. The highest BCUT2D eigenvalue weighted by Gasteiger charge is 2.30. The molecular formula is C13H18N2O2. The number of carbonyl (C=O) groups is 1. The van der Waals surface area contributed by atoms with Gasteiger partial charge in [0.25, 0.3) is 0 Å². The summed E-state index contributed by atoms with van der Waals surface area (Å²) in [6.07, 6.45) is -0.270. The predicted octanol–water partition coefficient (Wildman–Crippen LogP) is 1.60. The molecule has 4 heteroatoms. The third-order valence-electron chi connectivity index (χ3n) is 3.13. The van der Waals surface area contributed by atoms with Gasteiger partial charge in [-0.2, -0.15) is 0 Å². The summed E-state index contributed by atoms with van der Waals surface area (Å²) in [7, 11) is 0. The minimum absolute atomic E-state index is 0.0688. The van der Waals surface area contributed by atoms with Gasteiger partial charge in [-0.05, 0) is 11.5 Å². The van der Waals surface area contributed by atoms with Gasteiger partial charge >= 0.3 is 6.09 Å². The summed E-state index contributed by atoms with van der Waals surface area (Å²) in [5.41, 5.74) is 6.86. The molecule has 1 heterocycles.